The summed E-state index contributed by atoms with van der Waals surface area (Å²) in [6, 6.07) is 2.61. The van der Waals surface area contributed by atoms with Crippen molar-refractivity contribution in [2.75, 3.05) is 19.6 Å². The Morgan fingerprint density at radius 1 is 1.25 bits per heavy atom. The molecule has 3 rings (SSSR count). The highest BCUT2D eigenvalue weighted by atomic mass is 15.3. The Hall–Kier alpha value is -0.0800. The maximum absolute atomic E-state index is 2.85. The zero-order valence-corrected chi connectivity index (χ0v) is 11.1. The van der Waals surface area contributed by atoms with Crippen LogP contribution < -0.4 is 0 Å². The SMILES string of the molecule is CCC1CN2CCCC2CN1C1CC1(C)C. The Labute approximate surface area is 100.0 Å². The summed E-state index contributed by atoms with van der Waals surface area (Å²) in [6.45, 7) is 11.3. The molecule has 0 radical (unpaired) electrons. The van der Waals surface area contributed by atoms with E-state index in [-0.39, 0.29) is 0 Å². The van der Waals surface area contributed by atoms with Gasteiger partial charge in [-0.2, -0.15) is 0 Å². The first-order valence-corrected chi connectivity index (χ1v) is 7.11. The molecular weight excluding hydrogens is 196 g/mol. The van der Waals surface area contributed by atoms with Crippen molar-refractivity contribution in [1.82, 2.24) is 9.80 Å². The van der Waals surface area contributed by atoms with Gasteiger partial charge in [0.1, 0.15) is 0 Å². The molecule has 2 saturated heterocycles. The monoisotopic (exact) mass is 222 g/mol. The van der Waals surface area contributed by atoms with Gasteiger partial charge < -0.3 is 0 Å². The summed E-state index contributed by atoms with van der Waals surface area (Å²) in [7, 11) is 0. The molecule has 0 aromatic heterocycles. The van der Waals surface area contributed by atoms with Crippen LogP contribution in [0, 0.1) is 5.41 Å². The van der Waals surface area contributed by atoms with Crippen LogP contribution >= 0.6 is 0 Å². The van der Waals surface area contributed by atoms with Gasteiger partial charge in [-0.15, -0.1) is 0 Å². The molecular formula is C14H26N2. The molecule has 3 atom stereocenters. The Morgan fingerprint density at radius 3 is 2.62 bits per heavy atom. The number of rotatable bonds is 2. The average Bonchev–Trinajstić information content (AvgIpc) is 2.71. The van der Waals surface area contributed by atoms with Crippen molar-refractivity contribution < 1.29 is 0 Å². The Balaban J connectivity index is 1.71. The second-order valence-electron chi connectivity index (χ2n) is 6.76. The molecule has 1 aliphatic carbocycles. The first-order chi connectivity index (χ1) is 7.62. The minimum Gasteiger partial charge on any atom is -0.298 e. The van der Waals surface area contributed by atoms with Gasteiger partial charge in [0, 0.05) is 31.2 Å². The van der Waals surface area contributed by atoms with E-state index in [0.717, 1.165) is 18.1 Å². The van der Waals surface area contributed by atoms with Crippen LogP contribution in [0.3, 0.4) is 0 Å². The van der Waals surface area contributed by atoms with Gasteiger partial charge in [0.2, 0.25) is 0 Å². The lowest BCUT2D eigenvalue weighted by Crippen LogP contribution is -2.57. The molecule has 1 saturated carbocycles. The summed E-state index contributed by atoms with van der Waals surface area (Å²) in [5.41, 5.74) is 0.605. The zero-order valence-electron chi connectivity index (χ0n) is 11.1. The van der Waals surface area contributed by atoms with E-state index in [1.54, 1.807) is 0 Å². The molecule has 2 aliphatic heterocycles. The Bertz CT molecular complexity index is 274. The fraction of sp³-hybridized carbons (Fsp3) is 1.00. The summed E-state index contributed by atoms with van der Waals surface area (Å²) >= 11 is 0. The van der Waals surface area contributed by atoms with Crippen LogP contribution in [0.15, 0.2) is 0 Å². The van der Waals surface area contributed by atoms with Gasteiger partial charge in [0.05, 0.1) is 0 Å². The van der Waals surface area contributed by atoms with Crippen molar-refractivity contribution in [2.45, 2.75) is 64.6 Å². The maximum atomic E-state index is 2.85. The topological polar surface area (TPSA) is 6.48 Å². The molecule has 16 heavy (non-hydrogen) atoms. The normalized spacial score (nSPS) is 43.3. The minimum atomic E-state index is 0.605. The lowest BCUT2D eigenvalue weighted by atomic mass is 10.0. The van der Waals surface area contributed by atoms with E-state index in [1.807, 2.05) is 0 Å². The predicted octanol–water partition coefficient (Wildman–Crippen LogP) is 2.34. The highest BCUT2D eigenvalue weighted by molar-refractivity contribution is 5.07. The second kappa shape index (κ2) is 3.71. The van der Waals surface area contributed by atoms with Crippen LogP contribution in [-0.4, -0.2) is 47.6 Å². The number of piperazine rings is 1. The molecule has 0 bridgehead atoms. The molecule has 0 N–H and O–H groups in total. The zero-order chi connectivity index (χ0) is 11.3. The van der Waals surface area contributed by atoms with E-state index < -0.39 is 0 Å². The lowest BCUT2D eigenvalue weighted by Gasteiger charge is -2.44. The van der Waals surface area contributed by atoms with Gasteiger partial charge in [0.15, 0.2) is 0 Å². The van der Waals surface area contributed by atoms with E-state index in [2.05, 4.69) is 30.6 Å². The fourth-order valence-electron chi connectivity index (χ4n) is 3.86. The minimum absolute atomic E-state index is 0.605. The van der Waals surface area contributed by atoms with Crippen LogP contribution in [0.25, 0.3) is 0 Å². The Kier molecular flexibility index (Phi) is 2.56. The van der Waals surface area contributed by atoms with Crippen molar-refractivity contribution in [3.8, 4) is 0 Å². The van der Waals surface area contributed by atoms with Crippen LogP contribution in [0.4, 0.5) is 0 Å². The number of hydrogen-bond donors (Lipinski definition) is 0. The standard InChI is InChI=1S/C14H26N2/c1-4-11-9-15-7-5-6-12(15)10-16(11)13-8-14(13,2)3/h11-13H,4-10H2,1-3H3. The summed E-state index contributed by atoms with van der Waals surface area (Å²) < 4.78 is 0. The highest BCUT2D eigenvalue weighted by Gasteiger charge is 2.52. The lowest BCUT2D eigenvalue weighted by molar-refractivity contribution is 0.0356. The molecule has 92 valence electrons. The molecule has 2 heterocycles. The van der Waals surface area contributed by atoms with E-state index in [1.165, 1.54) is 45.3 Å². The molecule has 0 aromatic carbocycles. The fourth-order valence-corrected chi connectivity index (χ4v) is 3.86. The molecule has 0 amide bonds. The summed E-state index contributed by atoms with van der Waals surface area (Å²) in [4.78, 5) is 5.60. The van der Waals surface area contributed by atoms with Gasteiger partial charge in [-0.25, -0.2) is 0 Å². The molecule has 3 aliphatic rings. The largest absolute Gasteiger partial charge is 0.298 e. The van der Waals surface area contributed by atoms with Crippen molar-refractivity contribution >= 4 is 0 Å². The third kappa shape index (κ3) is 1.70. The maximum Gasteiger partial charge on any atom is 0.0224 e. The Morgan fingerprint density at radius 2 is 2.00 bits per heavy atom. The van der Waals surface area contributed by atoms with E-state index in [0.29, 0.717) is 5.41 Å². The van der Waals surface area contributed by atoms with Gasteiger partial charge >= 0.3 is 0 Å². The van der Waals surface area contributed by atoms with Crippen molar-refractivity contribution in [2.24, 2.45) is 5.41 Å². The van der Waals surface area contributed by atoms with Gasteiger partial charge in [0.25, 0.3) is 0 Å². The third-order valence-corrected chi connectivity index (χ3v) is 5.17. The molecule has 0 aromatic rings. The molecule has 3 fully saturated rings. The van der Waals surface area contributed by atoms with Crippen molar-refractivity contribution in [3.05, 3.63) is 0 Å². The number of fused-ring (bicyclic) bond motifs is 1. The number of nitrogens with zero attached hydrogens (tertiary/aromatic N) is 2. The van der Waals surface area contributed by atoms with Crippen LogP contribution in [0.2, 0.25) is 0 Å². The van der Waals surface area contributed by atoms with Gasteiger partial charge in [-0.3, -0.25) is 9.80 Å². The summed E-state index contributed by atoms with van der Waals surface area (Å²) in [5, 5.41) is 0. The van der Waals surface area contributed by atoms with Crippen LogP contribution in [0.1, 0.15) is 46.5 Å². The predicted molar refractivity (Wildman–Crippen MR) is 67.6 cm³/mol. The average molecular weight is 222 g/mol. The number of hydrogen-bond acceptors (Lipinski definition) is 2. The van der Waals surface area contributed by atoms with Crippen LogP contribution in [-0.2, 0) is 0 Å². The first-order valence-electron chi connectivity index (χ1n) is 7.11. The smallest absolute Gasteiger partial charge is 0.0224 e. The molecule has 2 heteroatoms. The summed E-state index contributed by atoms with van der Waals surface area (Å²) in [6.07, 6.45) is 5.63. The van der Waals surface area contributed by atoms with E-state index in [4.69, 9.17) is 0 Å². The first kappa shape index (κ1) is 11.0. The quantitative estimate of drug-likeness (QED) is 0.707. The van der Waals surface area contributed by atoms with Crippen molar-refractivity contribution in [3.63, 3.8) is 0 Å². The van der Waals surface area contributed by atoms with Crippen LogP contribution in [0.5, 0.6) is 0 Å². The molecule has 3 unspecified atom stereocenters. The summed E-state index contributed by atoms with van der Waals surface area (Å²) in [5.74, 6) is 0. The third-order valence-electron chi connectivity index (χ3n) is 5.17. The highest BCUT2D eigenvalue weighted by Crippen LogP contribution is 2.50. The van der Waals surface area contributed by atoms with Gasteiger partial charge in [-0.1, -0.05) is 20.8 Å². The van der Waals surface area contributed by atoms with E-state index in [9.17, 15) is 0 Å². The van der Waals surface area contributed by atoms with Crippen molar-refractivity contribution in [1.29, 1.82) is 0 Å². The molecule has 0 spiro atoms. The van der Waals surface area contributed by atoms with Gasteiger partial charge in [-0.05, 0) is 37.6 Å². The van der Waals surface area contributed by atoms with E-state index >= 15 is 0 Å². The second-order valence-corrected chi connectivity index (χ2v) is 6.76. The molecule has 2 nitrogen and oxygen atoms in total.